The highest BCUT2D eigenvalue weighted by Gasteiger charge is 2.58. The maximum Gasteiger partial charge on any atom is 0.410 e. The Hall–Kier alpha value is -2.04. The van der Waals surface area contributed by atoms with E-state index in [1.165, 1.54) is 0 Å². The molecule has 1 N–H and O–H groups in total. The highest BCUT2D eigenvalue weighted by Crippen LogP contribution is 2.52. The van der Waals surface area contributed by atoms with Crippen molar-refractivity contribution in [3.05, 3.63) is 35.9 Å². The van der Waals surface area contributed by atoms with Gasteiger partial charge < -0.3 is 14.8 Å². The number of carbonyl (C=O) groups is 1. The van der Waals surface area contributed by atoms with Crippen LogP contribution in [0.15, 0.2) is 35.5 Å². The summed E-state index contributed by atoms with van der Waals surface area (Å²) in [6.45, 7) is 3.55. The average molecular weight is 274 g/mol. The van der Waals surface area contributed by atoms with Crippen LogP contribution < -0.4 is 0 Å². The van der Waals surface area contributed by atoms with Crippen LogP contribution in [0.5, 0.6) is 0 Å². The second kappa shape index (κ2) is 5.15. The van der Waals surface area contributed by atoms with Gasteiger partial charge in [-0.1, -0.05) is 35.5 Å². The number of nitrogens with zero attached hydrogens (tertiary/aromatic N) is 2. The molecule has 1 amide bonds. The summed E-state index contributed by atoms with van der Waals surface area (Å²) in [5.74, 6) is 1.23. The van der Waals surface area contributed by atoms with E-state index in [4.69, 9.17) is 9.94 Å². The van der Waals surface area contributed by atoms with Crippen LogP contribution in [0.3, 0.4) is 0 Å². The largest absolute Gasteiger partial charge is 0.445 e. The minimum Gasteiger partial charge on any atom is -0.445 e. The zero-order chi connectivity index (χ0) is 14.1. The number of hydrogen-bond donors (Lipinski definition) is 1. The van der Waals surface area contributed by atoms with Gasteiger partial charge in [-0.25, -0.2) is 4.79 Å². The predicted molar refractivity (Wildman–Crippen MR) is 73.6 cm³/mol. The first-order valence-electron chi connectivity index (χ1n) is 6.85. The number of piperidine rings is 1. The Labute approximate surface area is 117 Å². The third-order valence-electron chi connectivity index (χ3n) is 4.30. The Bertz CT molecular complexity index is 517. The number of fused-ring (bicyclic) bond motifs is 1. The van der Waals surface area contributed by atoms with Gasteiger partial charge in [0.2, 0.25) is 0 Å². The molecule has 1 unspecified atom stereocenters. The number of carbonyl (C=O) groups excluding carboxylic acids is 1. The summed E-state index contributed by atoms with van der Waals surface area (Å²) in [6.07, 6.45) is -0.251. The van der Waals surface area contributed by atoms with E-state index in [2.05, 4.69) is 5.16 Å². The van der Waals surface area contributed by atoms with Crippen LogP contribution in [0.2, 0.25) is 0 Å². The summed E-state index contributed by atoms with van der Waals surface area (Å²) in [5, 5.41) is 12.0. The molecule has 5 nitrogen and oxygen atoms in total. The third-order valence-corrected chi connectivity index (χ3v) is 4.30. The molecule has 1 aromatic carbocycles. The molecule has 0 radical (unpaired) electrons. The van der Waals surface area contributed by atoms with E-state index >= 15 is 0 Å². The van der Waals surface area contributed by atoms with Crippen molar-refractivity contribution in [3.63, 3.8) is 0 Å². The zero-order valence-corrected chi connectivity index (χ0v) is 11.4. The Kier molecular flexibility index (Phi) is 3.34. The summed E-state index contributed by atoms with van der Waals surface area (Å²) in [4.78, 5) is 13.7. The molecule has 0 bridgehead atoms. The summed E-state index contributed by atoms with van der Waals surface area (Å²) >= 11 is 0. The Morgan fingerprint density at radius 2 is 2.00 bits per heavy atom. The number of rotatable bonds is 3. The molecule has 1 heterocycles. The zero-order valence-electron chi connectivity index (χ0n) is 11.4. The van der Waals surface area contributed by atoms with Crippen molar-refractivity contribution in [2.75, 3.05) is 13.1 Å². The molecule has 3 rings (SSSR count). The van der Waals surface area contributed by atoms with E-state index < -0.39 is 0 Å². The van der Waals surface area contributed by atoms with Gasteiger partial charge >= 0.3 is 6.09 Å². The fourth-order valence-corrected chi connectivity index (χ4v) is 3.17. The standard InChI is InChI=1S/C15H18N2O3/c1-10(16-19)14-12-7-17(8-13(12)14)15(18)20-9-11-5-3-2-4-6-11/h2-6,12-14,19H,7-9H2,1H3/b16-10+/t12-,13+,14?. The number of amides is 1. The van der Waals surface area contributed by atoms with Crippen molar-refractivity contribution in [1.82, 2.24) is 4.90 Å². The first kappa shape index (κ1) is 13.0. The van der Waals surface area contributed by atoms with Crippen molar-refractivity contribution in [2.24, 2.45) is 22.9 Å². The minimum atomic E-state index is -0.251. The third kappa shape index (κ3) is 2.35. The van der Waals surface area contributed by atoms with Gasteiger partial charge in [-0.05, 0) is 24.3 Å². The molecule has 5 heteroatoms. The first-order chi connectivity index (χ1) is 9.70. The maximum absolute atomic E-state index is 12.0. The van der Waals surface area contributed by atoms with Crippen molar-refractivity contribution in [2.45, 2.75) is 13.5 Å². The smallest absolute Gasteiger partial charge is 0.410 e. The highest BCUT2D eigenvalue weighted by molar-refractivity contribution is 5.87. The Morgan fingerprint density at radius 3 is 2.60 bits per heavy atom. The second-order valence-electron chi connectivity index (χ2n) is 5.54. The van der Waals surface area contributed by atoms with Crippen LogP contribution >= 0.6 is 0 Å². The van der Waals surface area contributed by atoms with Gasteiger partial charge in [0.15, 0.2) is 0 Å². The predicted octanol–water partition coefficient (Wildman–Crippen LogP) is 2.35. The van der Waals surface area contributed by atoms with Crippen molar-refractivity contribution < 1.29 is 14.7 Å². The van der Waals surface area contributed by atoms with E-state index in [9.17, 15) is 4.79 Å². The SMILES string of the molecule is C/C(=N\O)C1[C@H]2CN(C(=O)OCc3ccccc3)C[C@@H]12. The van der Waals surface area contributed by atoms with Crippen LogP contribution in [-0.4, -0.2) is 35.0 Å². The van der Waals surface area contributed by atoms with Crippen LogP contribution in [0.25, 0.3) is 0 Å². The van der Waals surface area contributed by atoms with E-state index in [1.54, 1.807) is 4.90 Å². The van der Waals surface area contributed by atoms with Crippen molar-refractivity contribution >= 4 is 11.8 Å². The molecule has 106 valence electrons. The van der Waals surface area contributed by atoms with Gasteiger partial charge in [-0.15, -0.1) is 0 Å². The first-order valence-corrected chi connectivity index (χ1v) is 6.85. The molecule has 2 aliphatic rings. The molecule has 2 fully saturated rings. The van der Waals surface area contributed by atoms with Gasteiger partial charge in [0.25, 0.3) is 0 Å². The molecular formula is C15H18N2O3. The number of likely N-dealkylation sites (tertiary alicyclic amines) is 1. The normalized spacial score (nSPS) is 28.1. The van der Waals surface area contributed by atoms with Gasteiger partial charge in [0.05, 0.1) is 5.71 Å². The fraction of sp³-hybridized carbons (Fsp3) is 0.467. The second-order valence-corrected chi connectivity index (χ2v) is 5.54. The molecule has 0 aromatic heterocycles. The summed E-state index contributed by atoms with van der Waals surface area (Å²) in [6, 6.07) is 9.66. The topological polar surface area (TPSA) is 62.1 Å². The molecule has 3 atom stereocenters. The lowest BCUT2D eigenvalue weighted by atomic mass is 10.2. The molecule has 1 aromatic rings. The van der Waals surface area contributed by atoms with Gasteiger partial charge in [0.1, 0.15) is 6.61 Å². The quantitative estimate of drug-likeness (QED) is 0.523. The van der Waals surface area contributed by atoms with Crippen LogP contribution in [-0.2, 0) is 11.3 Å². The van der Waals surface area contributed by atoms with Gasteiger partial charge in [-0.2, -0.15) is 0 Å². The Morgan fingerprint density at radius 1 is 1.35 bits per heavy atom. The molecule has 0 spiro atoms. The van der Waals surface area contributed by atoms with E-state index in [0.29, 0.717) is 37.5 Å². The molecular weight excluding hydrogens is 256 g/mol. The van der Waals surface area contributed by atoms with Crippen molar-refractivity contribution in [1.29, 1.82) is 0 Å². The lowest BCUT2D eigenvalue weighted by molar-refractivity contribution is 0.0996. The number of ether oxygens (including phenoxy) is 1. The molecule has 1 aliphatic heterocycles. The van der Waals surface area contributed by atoms with Crippen molar-refractivity contribution in [3.8, 4) is 0 Å². The Balaban J connectivity index is 1.47. The number of oxime groups is 1. The summed E-state index contributed by atoms with van der Waals surface area (Å²) in [5.41, 5.74) is 1.77. The monoisotopic (exact) mass is 274 g/mol. The van der Waals surface area contributed by atoms with Crippen LogP contribution in [0.4, 0.5) is 4.79 Å². The lowest BCUT2D eigenvalue weighted by Gasteiger charge is -2.19. The van der Waals surface area contributed by atoms with E-state index in [-0.39, 0.29) is 6.09 Å². The highest BCUT2D eigenvalue weighted by atomic mass is 16.6. The lowest BCUT2D eigenvalue weighted by Crippen LogP contribution is -2.32. The summed E-state index contributed by atoms with van der Waals surface area (Å²) < 4.78 is 5.31. The van der Waals surface area contributed by atoms with E-state index in [0.717, 1.165) is 11.3 Å². The van der Waals surface area contributed by atoms with Gasteiger partial charge in [-0.3, -0.25) is 0 Å². The molecule has 1 saturated carbocycles. The molecule has 1 saturated heterocycles. The number of hydrogen-bond acceptors (Lipinski definition) is 4. The van der Waals surface area contributed by atoms with Crippen LogP contribution in [0, 0.1) is 17.8 Å². The molecule has 1 aliphatic carbocycles. The van der Waals surface area contributed by atoms with Gasteiger partial charge in [0, 0.05) is 19.0 Å². The maximum atomic E-state index is 12.0. The fourth-order valence-electron chi connectivity index (χ4n) is 3.17. The van der Waals surface area contributed by atoms with Crippen LogP contribution in [0.1, 0.15) is 12.5 Å². The van der Waals surface area contributed by atoms with E-state index in [1.807, 2.05) is 37.3 Å². The average Bonchev–Trinajstić information content (AvgIpc) is 2.99. The minimum absolute atomic E-state index is 0.251. The molecule has 20 heavy (non-hydrogen) atoms. The number of benzene rings is 1. The summed E-state index contributed by atoms with van der Waals surface area (Å²) in [7, 11) is 0.